The van der Waals surface area contributed by atoms with Gasteiger partial charge in [0.2, 0.25) is 6.79 Å². The summed E-state index contributed by atoms with van der Waals surface area (Å²) < 4.78 is 20.4. The highest BCUT2D eigenvalue weighted by molar-refractivity contribution is 9.10. The van der Waals surface area contributed by atoms with Gasteiger partial charge in [-0.2, -0.15) is 0 Å². The van der Waals surface area contributed by atoms with Gasteiger partial charge in [0.15, 0.2) is 11.5 Å². The highest BCUT2D eigenvalue weighted by atomic mass is 79.9. The number of rotatable bonds is 7. The highest BCUT2D eigenvalue weighted by Crippen LogP contribution is 2.37. The maximum atomic E-state index is 13.2. The van der Waals surface area contributed by atoms with E-state index in [2.05, 4.69) is 37.6 Å². The number of fused-ring (bicyclic) bond motifs is 2. The molecule has 1 saturated heterocycles. The number of carbonyl (C=O) groups excluding carboxylic acids is 1. The monoisotopic (exact) mass is 593 g/mol. The fourth-order valence-electron chi connectivity index (χ4n) is 4.28. The number of halogens is 1. The Morgan fingerprint density at radius 3 is 2.92 bits per heavy atom. The van der Waals surface area contributed by atoms with E-state index >= 15 is 0 Å². The van der Waals surface area contributed by atoms with Crippen molar-refractivity contribution < 1.29 is 19.0 Å². The quantitative estimate of drug-likeness (QED) is 0.192. The molecule has 1 fully saturated rings. The van der Waals surface area contributed by atoms with Gasteiger partial charge in [-0.05, 0) is 48.0 Å². The number of thiocarbonyl (C=S) groups is 1. The number of thioether (sulfide) groups is 1. The van der Waals surface area contributed by atoms with Crippen LogP contribution in [-0.2, 0) is 17.9 Å². The number of nitrogens with zero attached hydrogens (tertiary/aromatic N) is 3. The lowest BCUT2D eigenvalue weighted by Gasteiger charge is -2.13. The highest BCUT2D eigenvalue weighted by Gasteiger charge is 2.32. The second-order valence-corrected chi connectivity index (χ2v) is 11.0. The Balaban J connectivity index is 1.23. The molecule has 10 heteroatoms. The van der Waals surface area contributed by atoms with E-state index in [-0.39, 0.29) is 12.7 Å². The number of pyridine rings is 1. The molecule has 2 aromatic carbocycles. The Labute approximate surface area is 231 Å². The summed E-state index contributed by atoms with van der Waals surface area (Å²) in [6, 6.07) is 15.5. The molecular formula is C27H20BrN3O4S2. The second-order valence-electron chi connectivity index (χ2n) is 8.43. The molecule has 37 heavy (non-hydrogen) atoms. The third-order valence-electron chi connectivity index (χ3n) is 6.04. The van der Waals surface area contributed by atoms with Gasteiger partial charge < -0.3 is 18.8 Å². The number of ether oxygens (including phenoxy) is 3. The first kappa shape index (κ1) is 24.0. The first-order valence-electron chi connectivity index (χ1n) is 11.5. The van der Waals surface area contributed by atoms with Gasteiger partial charge in [0, 0.05) is 45.6 Å². The van der Waals surface area contributed by atoms with Crippen LogP contribution in [0.4, 0.5) is 0 Å². The number of hydrogen-bond donors (Lipinski definition) is 0. The average Bonchev–Trinajstić information content (AvgIpc) is 3.57. The average molecular weight is 595 g/mol. The van der Waals surface area contributed by atoms with Crippen LogP contribution in [0.2, 0.25) is 0 Å². The van der Waals surface area contributed by atoms with Crippen molar-refractivity contribution in [3.05, 3.63) is 87.6 Å². The maximum absolute atomic E-state index is 13.2. The molecule has 2 aliphatic heterocycles. The Hall–Kier alpha value is -3.34. The third kappa shape index (κ3) is 4.96. The molecule has 0 aliphatic carbocycles. The van der Waals surface area contributed by atoms with E-state index in [9.17, 15) is 4.79 Å². The lowest BCUT2D eigenvalue weighted by atomic mass is 10.1. The zero-order valence-electron chi connectivity index (χ0n) is 19.4. The van der Waals surface area contributed by atoms with E-state index in [0.717, 1.165) is 38.0 Å². The molecule has 186 valence electrons. The summed E-state index contributed by atoms with van der Waals surface area (Å²) in [5.41, 5.74) is 2.93. The molecule has 2 aromatic heterocycles. The standard InChI is InChI=1S/C27H20BrN3O4S2/c28-19-3-5-22-21(11-19)18(10-25-26(32)31(27(36)37-25)14-17-2-1-7-29-13-17)15-30(22)8-9-33-20-4-6-23-24(12-20)35-16-34-23/h1-7,10-13,15H,8-9,14,16H2/b25-10-. The molecule has 0 spiro atoms. The van der Waals surface area contributed by atoms with Crippen molar-refractivity contribution in [1.82, 2.24) is 14.5 Å². The molecule has 0 saturated carbocycles. The molecule has 0 radical (unpaired) electrons. The minimum Gasteiger partial charge on any atom is -0.492 e. The Morgan fingerprint density at radius 2 is 2.05 bits per heavy atom. The van der Waals surface area contributed by atoms with Gasteiger partial charge in [-0.1, -0.05) is 46.0 Å². The predicted molar refractivity (Wildman–Crippen MR) is 151 cm³/mol. The van der Waals surface area contributed by atoms with E-state index in [0.29, 0.717) is 34.7 Å². The summed E-state index contributed by atoms with van der Waals surface area (Å²) in [5.74, 6) is 2.04. The summed E-state index contributed by atoms with van der Waals surface area (Å²) in [4.78, 5) is 19.6. The number of aromatic nitrogens is 2. The molecule has 1 amide bonds. The van der Waals surface area contributed by atoms with Crippen molar-refractivity contribution >= 4 is 67.1 Å². The molecule has 4 aromatic rings. The number of carbonyl (C=O) groups is 1. The van der Waals surface area contributed by atoms with Gasteiger partial charge in [0.1, 0.15) is 16.7 Å². The third-order valence-corrected chi connectivity index (χ3v) is 7.91. The van der Waals surface area contributed by atoms with Gasteiger partial charge in [-0.15, -0.1) is 0 Å². The first-order valence-corrected chi connectivity index (χ1v) is 13.5. The second kappa shape index (κ2) is 10.2. The molecular weight excluding hydrogens is 574 g/mol. The Kier molecular flexibility index (Phi) is 6.62. The van der Waals surface area contributed by atoms with Gasteiger partial charge in [0.05, 0.1) is 18.0 Å². The van der Waals surface area contributed by atoms with Crippen LogP contribution < -0.4 is 14.2 Å². The zero-order chi connectivity index (χ0) is 25.4. The van der Waals surface area contributed by atoms with E-state index in [1.54, 1.807) is 17.3 Å². The van der Waals surface area contributed by atoms with Crippen LogP contribution in [0, 0.1) is 0 Å². The van der Waals surface area contributed by atoms with Gasteiger partial charge in [-0.25, -0.2) is 0 Å². The minimum atomic E-state index is -0.0964. The van der Waals surface area contributed by atoms with Gasteiger partial charge in [0.25, 0.3) is 5.91 Å². The molecule has 0 unspecified atom stereocenters. The molecule has 0 atom stereocenters. The van der Waals surface area contributed by atoms with Gasteiger partial charge in [-0.3, -0.25) is 14.7 Å². The normalized spacial score (nSPS) is 15.8. The van der Waals surface area contributed by atoms with E-state index in [1.165, 1.54) is 11.8 Å². The van der Waals surface area contributed by atoms with Crippen LogP contribution in [0.3, 0.4) is 0 Å². The van der Waals surface area contributed by atoms with Crippen LogP contribution in [-0.4, -0.2) is 38.1 Å². The Bertz CT molecular complexity index is 1550. The van der Waals surface area contributed by atoms with Crippen LogP contribution in [0.15, 0.2) is 76.5 Å². The number of amides is 1. The van der Waals surface area contributed by atoms with Crippen molar-refractivity contribution in [1.29, 1.82) is 0 Å². The summed E-state index contributed by atoms with van der Waals surface area (Å²) in [5, 5.41) is 1.04. The van der Waals surface area contributed by atoms with E-state index in [1.807, 2.05) is 48.7 Å². The smallest absolute Gasteiger partial charge is 0.266 e. The molecule has 0 bridgehead atoms. The lowest BCUT2D eigenvalue weighted by Crippen LogP contribution is -2.27. The van der Waals surface area contributed by atoms with Crippen molar-refractivity contribution in [2.45, 2.75) is 13.1 Å². The van der Waals surface area contributed by atoms with Crippen LogP contribution in [0.5, 0.6) is 17.2 Å². The van der Waals surface area contributed by atoms with E-state index < -0.39 is 0 Å². The summed E-state index contributed by atoms with van der Waals surface area (Å²) in [7, 11) is 0. The van der Waals surface area contributed by atoms with Crippen molar-refractivity contribution in [2.24, 2.45) is 0 Å². The summed E-state index contributed by atoms with van der Waals surface area (Å²) >= 11 is 10.4. The van der Waals surface area contributed by atoms with E-state index in [4.69, 9.17) is 26.4 Å². The van der Waals surface area contributed by atoms with Crippen molar-refractivity contribution in [2.75, 3.05) is 13.4 Å². The lowest BCUT2D eigenvalue weighted by molar-refractivity contribution is -0.122. The SMILES string of the molecule is O=C1/C(=C/c2cn(CCOc3ccc4c(c3)OCO4)c3ccc(Br)cc23)SC(=S)N1Cc1cccnc1. The molecule has 2 aliphatic rings. The van der Waals surface area contributed by atoms with Gasteiger partial charge >= 0.3 is 0 Å². The number of hydrogen-bond acceptors (Lipinski definition) is 7. The summed E-state index contributed by atoms with van der Waals surface area (Å²) in [6.07, 6.45) is 7.43. The molecule has 6 rings (SSSR count). The fraction of sp³-hybridized carbons (Fsp3) is 0.148. The number of benzene rings is 2. The van der Waals surface area contributed by atoms with Crippen molar-refractivity contribution in [3.8, 4) is 17.2 Å². The largest absolute Gasteiger partial charge is 0.492 e. The molecule has 7 nitrogen and oxygen atoms in total. The minimum absolute atomic E-state index is 0.0964. The molecule has 4 heterocycles. The topological polar surface area (TPSA) is 65.8 Å². The summed E-state index contributed by atoms with van der Waals surface area (Å²) in [6.45, 7) is 1.73. The van der Waals surface area contributed by atoms with Crippen LogP contribution in [0.25, 0.3) is 17.0 Å². The predicted octanol–water partition coefficient (Wildman–Crippen LogP) is 6.01. The molecule has 0 N–H and O–H groups in total. The fourth-order valence-corrected chi connectivity index (χ4v) is 5.88. The van der Waals surface area contributed by atoms with Crippen molar-refractivity contribution in [3.63, 3.8) is 0 Å². The van der Waals surface area contributed by atoms with Crippen LogP contribution >= 0.6 is 39.9 Å². The maximum Gasteiger partial charge on any atom is 0.266 e. The zero-order valence-corrected chi connectivity index (χ0v) is 22.6. The van der Waals surface area contributed by atoms with Crippen LogP contribution in [0.1, 0.15) is 11.1 Å². The first-order chi connectivity index (χ1) is 18.0. The Morgan fingerprint density at radius 1 is 1.16 bits per heavy atom.